The fraction of sp³-hybridized carbons (Fsp3) is 0.222. The van der Waals surface area contributed by atoms with Gasteiger partial charge in [-0.25, -0.2) is 0 Å². The van der Waals surface area contributed by atoms with Crippen molar-refractivity contribution in [3.8, 4) is 6.07 Å². The second kappa shape index (κ2) is 4.26. The molecular weight excluding hydrogens is 230 g/mol. The van der Waals surface area contributed by atoms with E-state index < -0.39 is 0 Å². The number of benzene rings is 1. The van der Waals surface area contributed by atoms with Gasteiger partial charge in [-0.1, -0.05) is 22.0 Å². The molecule has 68 valence electrons. The van der Waals surface area contributed by atoms with Crippen LogP contribution in [0, 0.1) is 11.3 Å². The molecule has 0 saturated carbocycles. The standard InChI is InChI=1S/C9H10BrN3/c10-6-1-2-7(9(13)5-6)8(12)3-4-11/h1-2,5,8H,3,12-13H2/t8-/m0/s1. The summed E-state index contributed by atoms with van der Waals surface area (Å²) in [6.45, 7) is 0. The summed E-state index contributed by atoms with van der Waals surface area (Å²) >= 11 is 3.30. The molecule has 4 N–H and O–H groups in total. The predicted octanol–water partition coefficient (Wildman–Crippen LogP) is 1.94. The van der Waals surface area contributed by atoms with E-state index in [1.54, 1.807) is 6.07 Å². The van der Waals surface area contributed by atoms with Crippen LogP contribution in [0.5, 0.6) is 0 Å². The van der Waals surface area contributed by atoms with Gasteiger partial charge in [-0.3, -0.25) is 0 Å². The molecule has 3 nitrogen and oxygen atoms in total. The van der Waals surface area contributed by atoms with Crippen molar-refractivity contribution in [1.82, 2.24) is 0 Å². The van der Waals surface area contributed by atoms with E-state index in [1.165, 1.54) is 0 Å². The van der Waals surface area contributed by atoms with E-state index in [4.69, 9.17) is 16.7 Å². The number of anilines is 1. The maximum Gasteiger partial charge on any atom is 0.0641 e. The van der Waals surface area contributed by atoms with Gasteiger partial charge in [-0.05, 0) is 17.7 Å². The van der Waals surface area contributed by atoms with Crippen LogP contribution in [0.2, 0.25) is 0 Å². The predicted molar refractivity (Wildman–Crippen MR) is 55.7 cm³/mol. The first-order valence-corrected chi connectivity index (χ1v) is 4.62. The molecule has 0 aromatic heterocycles. The third kappa shape index (κ3) is 2.44. The van der Waals surface area contributed by atoms with Crippen molar-refractivity contribution in [3.05, 3.63) is 28.2 Å². The highest BCUT2D eigenvalue weighted by atomic mass is 79.9. The normalized spacial score (nSPS) is 12.1. The molecule has 0 aliphatic carbocycles. The Morgan fingerprint density at radius 2 is 2.23 bits per heavy atom. The summed E-state index contributed by atoms with van der Waals surface area (Å²) in [7, 11) is 0. The molecule has 0 spiro atoms. The van der Waals surface area contributed by atoms with Crippen LogP contribution >= 0.6 is 15.9 Å². The van der Waals surface area contributed by atoms with Crippen LogP contribution in [-0.2, 0) is 0 Å². The average molecular weight is 240 g/mol. The smallest absolute Gasteiger partial charge is 0.0641 e. The first-order chi connectivity index (χ1) is 6.15. The molecule has 1 aromatic carbocycles. The summed E-state index contributed by atoms with van der Waals surface area (Å²) < 4.78 is 0.915. The van der Waals surface area contributed by atoms with E-state index >= 15 is 0 Å². The highest BCUT2D eigenvalue weighted by Crippen LogP contribution is 2.24. The SMILES string of the molecule is N#CC[C@H](N)c1ccc(Br)cc1N. The number of nitriles is 1. The van der Waals surface area contributed by atoms with Gasteiger partial charge >= 0.3 is 0 Å². The summed E-state index contributed by atoms with van der Waals surface area (Å²) in [6, 6.07) is 7.21. The minimum atomic E-state index is -0.293. The van der Waals surface area contributed by atoms with E-state index in [0.717, 1.165) is 10.0 Å². The first kappa shape index (κ1) is 10.0. The van der Waals surface area contributed by atoms with Crippen molar-refractivity contribution in [2.75, 3.05) is 5.73 Å². The number of rotatable bonds is 2. The van der Waals surface area contributed by atoms with Gasteiger partial charge in [0.1, 0.15) is 0 Å². The maximum absolute atomic E-state index is 8.46. The van der Waals surface area contributed by atoms with Crippen LogP contribution in [0.4, 0.5) is 5.69 Å². The van der Waals surface area contributed by atoms with Crippen molar-refractivity contribution in [3.63, 3.8) is 0 Å². The molecule has 1 aromatic rings. The van der Waals surface area contributed by atoms with Crippen LogP contribution in [0.15, 0.2) is 22.7 Å². The van der Waals surface area contributed by atoms with Crippen molar-refractivity contribution in [2.24, 2.45) is 5.73 Å². The summed E-state index contributed by atoms with van der Waals surface area (Å²) in [5.74, 6) is 0. The maximum atomic E-state index is 8.46. The van der Waals surface area contributed by atoms with Gasteiger partial charge in [0.2, 0.25) is 0 Å². The third-order valence-corrected chi connectivity index (χ3v) is 2.25. The molecule has 0 aliphatic heterocycles. The average Bonchev–Trinajstić information content (AvgIpc) is 2.04. The van der Waals surface area contributed by atoms with Crippen molar-refractivity contribution in [1.29, 1.82) is 5.26 Å². The molecule has 0 saturated heterocycles. The fourth-order valence-corrected chi connectivity index (χ4v) is 1.47. The molecule has 1 rings (SSSR count). The Morgan fingerprint density at radius 1 is 1.54 bits per heavy atom. The minimum absolute atomic E-state index is 0.284. The van der Waals surface area contributed by atoms with Gasteiger partial charge in [0.05, 0.1) is 12.5 Å². The quantitative estimate of drug-likeness (QED) is 0.775. The second-order valence-corrected chi connectivity index (χ2v) is 3.66. The lowest BCUT2D eigenvalue weighted by Gasteiger charge is -2.10. The zero-order valence-corrected chi connectivity index (χ0v) is 8.58. The van der Waals surface area contributed by atoms with Gasteiger partial charge in [-0.15, -0.1) is 0 Å². The van der Waals surface area contributed by atoms with E-state index in [9.17, 15) is 0 Å². The van der Waals surface area contributed by atoms with Crippen LogP contribution in [0.1, 0.15) is 18.0 Å². The van der Waals surface area contributed by atoms with Crippen molar-refractivity contribution in [2.45, 2.75) is 12.5 Å². The Balaban J connectivity index is 2.96. The molecule has 0 unspecified atom stereocenters. The Hall–Kier alpha value is -1.05. The zero-order chi connectivity index (χ0) is 9.84. The van der Waals surface area contributed by atoms with Gasteiger partial charge in [0.15, 0.2) is 0 Å². The first-order valence-electron chi connectivity index (χ1n) is 3.82. The van der Waals surface area contributed by atoms with Crippen LogP contribution in [-0.4, -0.2) is 0 Å². The molecule has 4 heteroatoms. The highest BCUT2D eigenvalue weighted by molar-refractivity contribution is 9.10. The van der Waals surface area contributed by atoms with E-state index in [0.29, 0.717) is 5.69 Å². The Labute approximate surface area is 85.5 Å². The minimum Gasteiger partial charge on any atom is -0.398 e. The lowest BCUT2D eigenvalue weighted by molar-refractivity contribution is 0.751. The lowest BCUT2D eigenvalue weighted by atomic mass is 10.0. The molecular formula is C9H10BrN3. The molecule has 0 fully saturated rings. The zero-order valence-electron chi connectivity index (χ0n) is 7.00. The van der Waals surface area contributed by atoms with Crippen molar-refractivity contribution >= 4 is 21.6 Å². The van der Waals surface area contributed by atoms with E-state index in [2.05, 4.69) is 15.9 Å². The molecule has 1 atom stereocenters. The monoisotopic (exact) mass is 239 g/mol. The second-order valence-electron chi connectivity index (χ2n) is 2.74. The fourth-order valence-electron chi connectivity index (χ4n) is 1.09. The largest absolute Gasteiger partial charge is 0.398 e. The van der Waals surface area contributed by atoms with Crippen LogP contribution in [0.3, 0.4) is 0 Å². The third-order valence-electron chi connectivity index (χ3n) is 1.76. The molecule has 0 bridgehead atoms. The summed E-state index contributed by atoms with van der Waals surface area (Å²) in [5.41, 5.74) is 12.9. The van der Waals surface area contributed by atoms with Crippen molar-refractivity contribution < 1.29 is 0 Å². The number of nitrogen functional groups attached to an aromatic ring is 1. The van der Waals surface area contributed by atoms with Gasteiger partial charge in [0, 0.05) is 16.2 Å². The number of hydrogen-bond donors (Lipinski definition) is 2. The molecule has 13 heavy (non-hydrogen) atoms. The molecule has 0 heterocycles. The van der Waals surface area contributed by atoms with E-state index in [1.807, 2.05) is 18.2 Å². The lowest BCUT2D eigenvalue weighted by Crippen LogP contribution is -2.11. The number of hydrogen-bond acceptors (Lipinski definition) is 3. The number of nitrogens with two attached hydrogens (primary N) is 2. The topological polar surface area (TPSA) is 75.8 Å². The Morgan fingerprint density at radius 3 is 2.77 bits per heavy atom. The summed E-state index contributed by atoms with van der Waals surface area (Å²) in [4.78, 5) is 0. The van der Waals surface area contributed by atoms with E-state index in [-0.39, 0.29) is 12.5 Å². The Bertz CT molecular complexity index is 343. The molecule has 0 aliphatic rings. The summed E-state index contributed by atoms with van der Waals surface area (Å²) in [5, 5.41) is 8.46. The summed E-state index contributed by atoms with van der Waals surface area (Å²) in [6.07, 6.45) is 0.284. The van der Waals surface area contributed by atoms with Crippen LogP contribution < -0.4 is 11.5 Å². The Kier molecular flexibility index (Phi) is 3.29. The highest BCUT2D eigenvalue weighted by Gasteiger charge is 2.08. The van der Waals surface area contributed by atoms with Crippen LogP contribution in [0.25, 0.3) is 0 Å². The molecule has 0 radical (unpaired) electrons. The van der Waals surface area contributed by atoms with Gasteiger partial charge < -0.3 is 11.5 Å². The molecule has 0 amide bonds. The van der Waals surface area contributed by atoms with Gasteiger partial charge in [0.25, 0.3) is 0 Å². The number of halogens is 1. The number of nitrogens with zero attached hydrogens (tertiary/aromatic N) is 1. The van der Waals surface area contributed by atoms with Gasteiger partial charge in [-0.2, -0.15) is 5.26 Å².